The minimum atomic E-state index is -3.81. The molecule has 1 atom stereocenters. The van der Waals surface area contributed by atoms with E-state index >= 15 is 0 Å². The average molecular weight is 601 g/mol. The molecule has 0 saturated heterocycles. The van der Waals surface area contributed by atoms with E-state index in [0.717, 1.165) is 16.7 Å². The van der Waals surface area contributed by atoms with E-state index in [1.54, 1.807) is 24.3 Å². The van der Waals surface area contributed by atoms with Crippen molar-refractivity contribution >= 4 is 33.8 Å². The summed E-state index contributed by atoms with van der Waals surface area (Å²) in [5.74, 6) is -0.979. The van der Waals surface area contributed by atoms with Gasteiger partial charge in [-0.05, 0) is 40.8 Å². The summed E-state index contributed by atoms with van der Waals surface area (Å²) in [7, 11) is -2.42. The predicted octanol–water partition coefficient (Wildman–Crippen LogP) is 4.56. The van der Waals surface area contributed by atoms with Crippen LogP contribution in [-0.4, -0.2) is 63.4 Å². The Hall–Kier alpha value is -3.38. The summed E-state index contributed by atoms with van der Waals surface area (Å²) in [4.78, 5) is 25.5. The molecule has 0 aliphatic heterocycles. The highest BCUT2D eigenvalue weighted by Crippen LogP contribution is 2.32. The number of ether oxygens (including phenoxy) is 2. The molecule has 0 aliphatic rings. The van der Waals surface area contributed by atoms with Crippen LogP contribution in [0.25, 0.3) is 11.1 Å². The van der Waals surface area contributed by atoms with Gasteiger partial charge in [0, 0.05) is 23.8 Å². The van der Waals surface area contributed by atoms with Crippen molar-refractivity contribution in [1.29, 1.82) is 0 Å². The van der Waals surface area contributed by atoms with Gasteiger partial charge in [-0.3, -0.25) is 4.79 Å². The molecule has 3 rings (SSSR count). The Balaban J connectivity index is 1.58. The van der Waals surface area contributed by atoms with E-state index in [1.165, 1.54) is 18.9 Å². The van der Waals surface area contributed by atoms with Crippen LogP contribution in [0, 0.1) is 0 Å². The Morgan fingerprint density at radius 2 is 1.66 bits per heavy atom. The first kappa shape index (κ1) is 32.1. The molecular weight excluding hydrogens is 564 g/mol. The molecule has 0 fully saturated rings. The minimum absolute atomic E-state index is 0.00974. The summed E-state index contributed by atoms with van der Waals surface area (Å²) >= 11 is 1.48. The minimum Gasteiger partial charge on any atom is -0.446 e. The van der Waals surface area contributed by atoms with Gasteiger partial charge in [0.1, 0.15) is 12.7 Å². The van der Waals surface area contributed by atoms with Gasteiger partial charge in [0.15, 0.2) is 0 Å². The van der Waals surface area contributed by atoms with Gasteiger partial charge in [0.25, 0.3) is 5.91 Å². The molecule has 0 bridgehead atoms. The number of methoxy groups -OCH3 is 1. The molecule has 0 spiro atoms. The Labute approximate surface area is 245 Å². The lowest BCUT2D eigenvalue weighted by Gasteiger charge is -2.14. The fourth-order valence-electron chi connectivity index (χ4n) is 3.83. The van der Waals surface area contributed by atoms with Crippen molar-refractivity contribution in [2.24, 2.45) is 0 Å². The molecule has 0 heterocycles. The number of benzene rings is 3. The van der Waals surface area contributed by atoms with Crippen molar-refractivity contribution in [3.63, 3.8) is 0 Å². The molecule has 2 amide bonds. The molecule has 0 aliphatic carbocycles. The fourth-order valence-corrected chi connectivity index (χ4v) is 5.70. The molecule has 9 nitrogen and oxygen atoms in total. The summed E-state index contributed by atoms with van der Waals surface area (Å²) in [5.41, 5.74) is 3.80. The molecule has 0 aromatic heterocycles. The van der Waals surface area contributed by atoms with Crippen LogP contribution in [0.15, 0.2) is 77.7 Å². The number of carbonyl (C=O) groups is 2. The molecule has 3 N–H and O–H groups in total. The van der Waals surface area contributed by atoms with Crippen molar-refractivity contribution in [2.75, 3.05) is 32.6 Å². The lowest BCUT2D eigenvalue weighted by molar-refractivity contribution is 0.0682. The van der Waals surface area contributed by atoms with Gasteiger partial charge in [-0.25, -0.2) is 17.9 Å². The van der Waals surface area contributed by atoms with Crippen LogP contribution in [0.4, 0.5) is 4.79 Å². The summed E-state index contributed by atoms with van der Waals surface area (Å²) in [6.45, 7) is 4.22. The van der Waals surface area contributed by atoms with Gasteiger partial charge in [0.05, 0.1) is 17.9 Å². The number of sulfonamides is 1. The lowest BCUT2D eigenvalue weighted by atomic mass is 10.0. The molecule has 3 aromatic rings. The Kier molecular flexibility index (Phi) is 12.2. The third-order valence-electron chi connectivity index (χ3n) is 5.92. The predicted molar refractivity (Wildman–Crippen MR) is 160 cm³/mol. The van der Waals surface area contributed by atoms with Gasteiger partial charge < -0.3 is 19.9 Å². The van der Waals surface area contributed by atoms with Gasteiger partial charge in [-0.2, -0.15) is 0 Å². The second-order valence-electron chi connectivity index (χ2n) is 9.52. The van der Waals surface area contributed by atoms with Crippen LogP contribution in [-0.2, 0) is 25.9 Å². The van der Waals surface area contributed by atoms with Crippen LogP contribution in [0.1, 0.15) is 41.4 Å². The van der Waals surface area contributed by atoms with E-state index in [1.807, 2.05) is 62.4 Å². The quantitative estimate of drug-likeness (QED) is 0.230. The first-order valence-corrected chi connectivity index (χ1v) is 15.7. The maximum Gasteiger partial charge on any atom is 0.407 e. The van der Waals surface area contributed by atoms with Crippen molar-refractivity contribution in [3.05, 3.63) is 89.5 Å². The standard InChI is InChI=1S/C30H36N2O7S2/c1-21(2)40-28-19-25(13-14-26(28)29(34)32-41(36,37)18-17-38-3)23-11-9-22(10-12-23)15-16-31-30(35)39-20-27(33)24-7-5-4-6-8-24/h4-14,19,21,27,33H,15-18,20H2,1-3H3,(H,31,35)(H,32,34)/t27-/m0/s1. The molecule has 0 unspecified atom stereocenters. The highest BCUT2D eigenvalue weighted by Gasteiger charge is 2.20. The van der Waals surface area contributed by atoms with Crippen LogP contribution < -0.4 is 10.0 Å². The average Bonchev–Trinajstić information content (AvgIpc) is 2.95. The largest absolute Gasteiger partial charge is 0.446 e. The number of hydrogen-bond acceptors (Lipinski definition) is 8. The SMILES string of the molecule is COCCS(=O)(=O)NC(=O)c1ccc(-c2ccc(CCNC(=O)OC[C@H](O)c3ccccc3)cc2)cc1SC(C)C. The molecule has 11 heteroatoms. The first-order valence-electron chi connectivity index (χ1n) is 13.2. The van der Waals surface area contributed by atoms with E-state index in [9.17, 15) is 23.1 Å². The lowest BCUT2D eigenvalue weighted by Crippen LogP contribution is -2.34. The van der Waals surface area contributed by atoms with E-state index in [0.29, 0.717) is 29.0 Å². The number of nitrogens with one attached hydrogen (secondary N) is 2. The third-order valence-corrected chi connectivity index (χ3v) is 8.18. The molecule has 0 saturated carbocycles. The summed E-state index contributed by atoms with van der Waals surface area (Å²) in [6.07, 6.45) is -0.893. The van der Waals surface area contributed by atoms with Crippen molar-refractivity contribution in [3.8, 4) is 11.1 Å². The monoisotopic (exact) mass is 600 g/mol. The second kappa shape index (κ2) is 15.6. The van der Waals surface area contributed by atoms with Crippen molar-refractivity contribution in [1.82, 2.24) is 10.0 Å². The van der Waals surface area contributed by atoms with Crippen molar-refractivity contribution < 1.29 is 32.6 Å². The molecule has 3 aromatic carbocycles. The third kappa shape index (κ3) is 10.5. The number of alkyl carbamates (subject to hydrolysis) is 1. The Morgan fingerprint density at radius 3 is 2.32 bits per heavy atom. The summed E-state index contributed by atoms with van der Waals surface area (Å²) in [5, 5.41) is 13.0. The van der Waals surface area contributed by atoms with E-state index in [-0.39, 0.29) is 24.2 Å². The number of hydrogen-bond donors (Lipinski definition) is 3. The number of thioether (sulfide) groups is 1. The molecular formula is C30H36N2O7S2. The van der Waals surface area contributed by atoms with Crippen molar-refractivity contribution in [2.45, 2.75) is 36.5 Å². The van der Waals surface area contributed by atoms with Gasteiger partial charge >= 0.3 is 6.09 Å². The normalized spacial score (nSPS) is 12.1. The molecule has 0 radical (unpaired) electrons. The number of aliphatic hydroxyl groups excluding tert-OH is 1. The second-order valence-corrected chi connectivity index (χ2v) is 13.0. The number of amides is 2. The highest BCUT2D eigenvalue weighted by molar-refractivity contribution is 8.00. The maximum absolute atomic E-state index is 12.8. The van der Waals surface area contributed by atoms with Crippen LogP contribution in [0.5, 0.6) is 0 Å². The van der Waals surface area contributed by atoms with Crippen LogP contribution in [0.2, 0.25) is 0 Å². The number of aliphatic hydroxyl groups is 1. The molecule has 220 valence electrons. The summed E-state index contributed by atoms with van der Waals surface area (Å²) in [6, 6.07) is 22.1. The van der Waals surface area contributed by atoms with Gasteiger partial charge in [-0.15, -0.1) is 11.8 Å². The maximum atomic E-state index is 12.8. The molecule has 41 heavy (non-hydrogen) atoms. The zero-order valence-electron chi connectivity index (χ0n) is 23.3. The highest BCUT2D eigenvalue weighted by atomic mass is 32.2. The Bertz CT molecular complexity index is 1400. The number of rotatable bonds is 14. The zero-order valence-corrected chi connectivity index (χ0v) is 25.0. The van der Waals surface area contributed by atoms with Gasteiger partial charge in [-0.1, -0.05) is 74.5 Å². The van der Waals surface area contributed by atoms with Gasteiger partial charge in [0.2, 0.25) is 10.0 Å². The topological polar surface area (TPSA) is 131 Å². The summed E-state index contributed by atoms with van der Waals surface area (Å²) < 4.78 is 36.4. The van der Waals surface area contributed by atoms with Crippen LogP contribution >= 0.6 is 11.8 Å². The Morgan fingerprint density at radius 1 is 0.976 bits per heavy atom. The zero-order chi connectivity index (χ0) is 29.8. The fraction of sp³-hybridized carbons (Fsp3) is 0.333. The van der Waals surface area contributed by atoms with Crippen LogP contribution in [0.3, 0.4) is 0 Å². The number of carbonyl (C=O) groups excluding carboxylic acids is 2. The van der Waals surface area contributed by atoms with E-state index < -0.39 is 28.1 Å². The van der Waals surface area contributed by atoms with E-state index in [2.05, 4.69) is 10.0 Å². The van der Waals surface area contributed by atoms with E-state index in [4.69, 9.17) is 9.47 Å². The first-order chi connectivity index (χ1) is 19.6. The smallest absolute Gasteiger partial charge is 0.407 e.